The minimum atomic E-state index is -4.02. The number of rotatable bonds is 10. The van der Waals surface area contributed by atoms with E-state index in [9.17, 15) is 26.0 Å². The van der Waals surface area contributed by atoms with Crippen LogP contribution in [-0.4, -0.2) is 52.1 Å². The average molecular weight is 612 g/mol. The van der Waals surface area contributed by atoms with Crippen molar-refractivity contribution in [2.24, 2.45) is 0 Å². The van der Waals surface area contributed by atoms with Crippen molar-refractivity contribution in [2.45, 2.75) is 49.6 Å². The number of halogens is 2. The molecule has 12 heteroatoms. The Kier molecular flexibility index (Phi) is 9.66. The second kappa shape index (κ2) is 12.3. The fourth-order valence-electron chi connectivity index (χ4n) is 3.72. The molecule has 0 N–H and O–H groups in total. The molecule has 0 unspecified atom stereocenters. The van der Waals surface area contributed by atoms with Crippen molar-refractivity contribution in [1.29, 1.82) is 0 Å². The molecule has 0 radical (unpaired) electrons. The summed E-state index contributed by atoms with van der Waals surface area (Å²) in [5.74, 6) is -1.14. The molecule has 0 heterocycles. The molecule has 0 saturated heterocycles. The first-order valence-corrected chi connectivity index (χ1v) is 15.7. The lowest BCUT2D eigenvalue weighted by molar-refractivity contribution is -0.157. The van der Waals surface area contributed by atoms with Crippen LogP contribution in [0.25, 0.3) is 11.1 Å². The van der Waals surface area contributed by atoms with Gasteiger partial charge >= 0.3 is 5.97 Å². The lowest BCUT2D eigenvalue weighted by Gasteiger charge is -2.21. The summed E-state index contributed by atoms with van der Waals surface area (Å²) in [6.07, 6.45) is 0. The van der Waals surface area contributed by atoms with E-state index in [2.05, 4.69) is 0 Å². The first kappa shape index (κ1) is 31.5. The van der Waals surface area contributed by atoms with E-state index in [1.54, 1.807) is 58.0 Å². The first-order valence-electron chi connectivity index (χ1n) is 12.3. The molecule has 0 saturated carbocycles. The van der Waals surface area contributed by atoms with E-state index in [4.69, 9.17) is 21.1 Å². The van der Waals surface area contributed by atoms with E-state index >= 15 is 0 Å². The van der Waals surface area contributed by atoms with Gasteiger partial charge in [0.1, 0.15) is 17.2 Å². The Morgan fingerprint density at radius 1 is 0.975 bits per heavy atom. The van der Waals surface area contributed by atoms with Crippen LogP contribution in [0.3, 0.4) is 0 Å². The molecule has 3 aromatic carbocycles. The smallest absolute Gasteiger partial charge is 0.344 e. The van der Waals surface area contributed by atoms with Gasteiger partial charge in [0.2, 0.25) is 10.0 Å². The van der Waals surface area contributed by atoms with Crippen LogP contribution in [0, 0.1) is 5.82 Å². The number of ether oxygens (including phenoxy) is 2. The first-order chi connectivity index (χ1) is 18.5. The molecule has 0 aromatic heterocycles. The van der Waals surface area contributed by atoms with Gasteiger partial charge in [-0.3, -0.25) is 0 Å². The van der Waals surface area contributed by atoms with E-state index < -0.39 is 43.9 Å². The quantitative estimate of drug-likeness (QED) is 0.279. The van der Waals surface area contributed by atoms with Gasteiger partial charge in [-0.25, -0.2) is 26.0 Å². The zero-order chi connectivity index (χ0) is 29.9. The third-order valence-electron chi connectivity index (χ3n) is 5.70. The SMILES string of the molecule is CCS(=O)(=O)c1cccc(-c2cc(CN(C)S(=O)(=O)c3ccc(F)c(Cl)c3)ccc2OCC(=O)OC(C)(C)C)c1. The number of carbonyl (C=O) groups excluding carboxylic acids is 1. The number of nitrogens with zero attached hydrogens (tertiary/aromatic N) is 1. The summed E-state index contributed by atoms with van der Waals surface area (Å²) in [5, 5.41) is -0.315. The van der Waals surface area contributed by atoms with E-state index in [1.165, 1.54) is 19.2 Å². The molecule has 0 aliphatic carbocycles. The van der Waals surface area contributed by atoms with Crippen LogP contribution in [0.4, 0.5) is 4.39 Å². The fraction of sp³-hybridized carbons (Fsp3) is 0.321. The number of benzene rings is 3. The number of sulfonamides is 1. The van der Waals surface area contributed by atoms with Crippen LogP contribution in [0.1, 0.15) is 33.3 Å². The highest BCUT2D eigenvalue weighted by Crippen LogP contribution is 2.34. The average Bonchev–Trinajstić information content (AvgIpc) is 2.88. The van der Waals surface area contributed by atoms with Gasteiger partial charge in [0, 0.05) is 19.2 Å². The Morgan fingerprint density at radius 2 is 1.68 bits per heavy atom. The van der Waals surface area contributed by atoms with Gasteiger partial charge in [0.15, 0.2) is 16.4 Å². The van der Waals surface area contributed by atoms with Crippen LogP contribution in [0.5, 0.6) is 5.75 Å². The summed E-state index contributed by atoms with van der Waals surface area (Å²) < 4.78 is 77.0. The van der Waals surface area contributed by atoms with E-state index in [1.807, 2.05) is 0 Å². The standard InChI is InChI=1S/C28H31ClFNO7S2/c1-6-39(33,34)21-9-7-8-20(15-21)23-14-19(10-13-26(23)37-18-27(32)38-28(2,3)4)17-31(5)40(35,36)22-11-12-25(30)24(29)16-22/h7-16H,6,17-18H2,1-5H3. The van der Waals surface area contributed by atoms with Gasteiger partial charge in [-0.2, -0.15) is 4.31 Å². The third-order valence-corrected chi connectivity index (χ3v) is 9.52. The number of sulfone groups is 1. The fourth-order valence-corrected chi connectivity index (χ4v) is 6.07. The molecular weight excluding hydrogens is 581 g/mol. The highest BCUT2D eigenvalue weighted by Gasteiger charge is 2.23. The Morgan fingerprint density at radius 3 is 2.30 bits per heavy atom. The molecule has 0 amide bonds. The highest BCUT2D eigenvalue weighted by atomic mass is 35.5. The van der Waals surface area contributed by atoms with Crippen molar-refractivity contribution < 1.29 is 35.5 Å². The molecule has 0 aliphatic heterocycles. The number of hydrogen-bond acceptors (Lipinski definition) is 7. The van der Waals surface area contributed by atoms with Gasteiger partial charge in [0.05, 0.1) is 20.6 Å². The molecule has 0 bridgehead atoms. The number of hydrogen-bond donors (Lipinski definition) is 0. The van der Waals surface area contributed by atoms with Crippen LogP contribution in [0.15, 0.2) is 70.5 Å². The second-order valence-electron chi connectivity index (χ2n) is 9.97. The summed E-state index contributed by atoms with van der Waals surface area (Å²) in [6.45, 7) is 6.27. The lowest BCUT2D eigenvalue weighted by Crippen LogP contribution is -2.27. The van der Waals surface area contributed by atoms with Crippen molar-refractivity contribution in [3.63, 3.8) is 0 Å². The van der Waals surface area contributed by atoms with Gasteiger partial charge in [-0.1, -0.05) is 36.7 Å². The molecule has 3 aromatic rings. The lowest BCUT2D eigenvalue weighted by atomic mass is 10.0. The minimum Gasteiger partial charge on any atom is -0.481 e. The van der Waals surface area contributed by atoms with Gasteiger partial charge in [0.25, 0.3) is 0 Å². The van der Waals surface area contributed by atoms with Crippen molar-refractivity contribution in [3.05, 3.63) is 77.1 Å². The summed E-state index contributed by atoms with van der Waals surface area (Å²) in [4.78, 5) is 12.2. The summed E-state index contributed by atoms with van der Waals surface area (Å²) in [5.41, 5.74) is 0.778. The zero-order valence-electron chi connectivity index (χ0n) is 22.8. The third kappa shape index (κ3) is 7.81. The minimum absolute atomic E-state index is 0.0797. The van der Waals surface area contributed by atoms with Crippen molar-refractivity contribution in [1.82, 2.24) is 4.31 Å². The maximum Gasteiger partial charge on any atom is 0.344 e. The van der Waals surface area contributed by atoms with Crippen LogP contribution in [0.2, 0.25) is 5.02 Å². The van der Waals surface area contributed by atoms with Crippen LogP contribution in [-0.2, 0) is 35.9 Å². The summed E-state index contributed by atoms with van der Waals surface area (Å²) >= 11 is 5.79. The molecular formula is C28H31ClFNO7S2. The highest BCUT2D eigenvalue weighted by molar-refractivity contribution is 7.91. The maximum absolute atomic E-state index is 13.6. The molecule has 0 aliphatic rings. The Hall–Kier alpha value is -2.99. The molecule has 0 atom stereocenters. The summed E-state index contributed by atoms with van der Waals surface area (Å²) in [7, 11) is -6.17. The Labute approximate surface area is 239 Å². The molecule has 40 heavy (non-hydrogen) atoms. The normalized spacial score (nSPS) is 12.4. The van der Waals surface area contributed by atoms with Gasteiger partial charge < -0.3 is 9.47 Å². The van der Waals surface area contributed by atoms with E-state index in [0.717, 1.165) is 22.5 Å². The monoisotopic (exact) mass is 611 g/mol. The second-order valence-corrected chi connectivity index (χ2v) is 14.7. The Balaban J connectivity index is 2.00. The number of esters is 1. The molecule has 0 spiro atoms. The molecule has 3 rings (SSSR count). The van der Waals surface area contributed by atoms with Crippen molar-refractivity contribution in [3.8, 4) is 16.9 Å². The Bertz CT molecular complexity index is 1620. The topological polar surface area (TPSA) is 107 Å². The predicted molar refractivity (Wildman–Crippen MR) is 151 cm³/mol. The summed E-state index contributed by atoms with van der Waals surface area (Å²) in [6, 6.07) is 14.3. The van der Waals surface area contributed by atoms with Gasteiger partial charge in [-0.15, -0.1) is 0 Å². The van der Waals surface area contributed by atoms with Gasteiger partial charge in [-0.05, 0) is 74.4 Å². The largest absolute Gasteiger partial charge is 0.481 e. The van der Waals surface area contributed by atoms with E-state index in [0.29, 0.717) is 16.7 Å². The van der Waals surface area contributed by atoms with Crippen LogP contribution >= 0.6 is 11.6 Å². The van der Waals surface area contributed by atoms with E-state index in [-0.39, 0.29) is 32.9 Å². The van der Waals surface area contributed by atoms with Crippen molar-refractivity contribution >= 4 is 37.4 Å². The maximum atomic E-state index is 13.6. The van der Waals surface area contributed by atoms with Crippen molar-refractivity contribution in [2.75, 3.05) is 19.4 Å². The number of carbonyl (C=O) groups is 1. The molecule has 0 fully saturated rings. The molecule has 216 valence electrons. The molecule has 8 nitrogen and oxygen atoms in total. The zero-order valence-corrected chi connectivity index (χ0v) is 25.2. The predicted octanol–water partition coefficient (Wildman–Crippen LogP) is 5.48. The van der Waals surface area contributed by atoms with Crippen LogP contribution < -0.4 is 4.74 Å².